The van der Waals surface area contributed by atoms with Gasteiger partial charge in [0, 0.05) is 20.1 Å². The number of amides is 2. The Morgan fingerprint density at radius 1 is 1.21 bits per heavy atom. The summed E-state index contributed by atoms with van der Waals surface area (Å²) in [6.45, 7) is 0.316. The second-order valence-corrected chi connectivity index (χ2v) is 12.0. The van der Waals surface area contributed by atoms with Crippen LogP contribution in [0.1, 0.15) is 31.4 Å². The smallest absolute Gasteiger partial charge is 0.433 e. The van der Waals surface area contributed by atoms with Gasteiger partial charge in [-0.3, -0.25) is 14.3 Å². The number of ether oxygens (including phenoxy) is 1. The van der Waals surface area contributed by atoms with Crippen molar-refractivity contribution in [1.29, 1.82) is 0 Å². The van der Waals surface area contributed by atoms with Gasteiger partial charge in [0.15, 0.2) is 0 Å². The summed E-state index contributed by atoms with van der Waals surface area (Å²) in [6.07, 6.45) is -2.87. The maximum absolute atomic E-state index is 13.1. The number of sulfonamides is 1. The van der Waals surface area contributed by atoms with Gasteiger partial charge in [-0.15, -0.1) is 11.3 Å². The lowest BCUT2D eigenvalue weighted by Gasteiger charge is -2.33. The van der Waals surface area contributed by atoms with Gasteiger partial charge in [-0.25, -0.2) is 13.2 Å². The van der Waals surface area contributed by atoms with Crippen molar-refractivity contribution in [2.45, 2.75) is 48.2 Å². The molecule has 4 rings (SSSR count). The predicted molar refractivity (Wildman–Crippen MR) is 128 cm³/mol. The fraction of sp³-hybridized carbons (Fsp3) is 0.545. The maximum Gasteiger partial charge on any atom is 0.433 e. The Balaban J connectivity index is 1.43. The van der Waals surface area contributed by atoms with E-state index in [9.17, 15) is 36.0 Å². The third-order valence-corrected chi connectivity index (χ3v) is 9.54. The molecule has 0 bridgehead atoms. The molecule has 0 aromatic carbocycles. The fourth-order valence-electron chi connectivity index (χ4n) is 4.61. The third kappa shape index (κ3) is 5.71. The number of rotatable bonds is 7. The van der Waals surface area contributed by atoms with Gasteiger partial charge >= 0.3 is 12.1 Å². The molecule has 208 valence electrons. The molecule has 0 aliphatic carbocycles. The zero-order valence-corrected chi connectivity index (χ0v) is 22.2. The lowest BCUT2D eigenvalue weighted by Crippen LogP contribution is -2.55. The van der Waals surface area contributed by atoms with E-state index in [2.05, 4.69) is 9.82 Å². The highest BCUT2D eigenvalue weighted by molar-refractivity contribution is 7.91. The number of thiophene rings is 1. The largest absolute Gasteiger partial charge is 0.467 e. The first-order valence-corrected chi connectivity index (χ1v) is 14.0. The molecule has 2 aromatic heterocycles. The highest BCUT2D eigenvalue weighted by Crippen LogP contribution is 2.35. The van der Waals surface area contributed by atoms with E-state index >= 15 is 0 Å². The second kappa shape index (κ2) is 10.6. The van der Waals surface area contributed by atoms with Crippen LogP contribution in [0.4, 0.5) is 13.2 Å². The van der Waals surface area contributed by atoms with Gasteiger partial charge in [0.05, 0.1) is 18.5 Å². The van der Waals surface area contributed by atoms with Gasteiger partial charge in [-0.05, 0) is 43.9 Å². The van der Waals surface area contributed by atoms with E-state index < -0.39 is 51.8 Å². The Labute approximate surface area is 220 Å². The average molecular weight is 578 g/mol. The van der Waals surface area contributed by atoms with Crippen LogP contribution in [0.25, 0.3) is 10.6 Å². The Kier molecular flexibility index (Phi) is 7.86. The molecule has 2 aliphatic rings. The van der Waals surface area contributed by atoms with Crippen LogP contribution in [-0.2, 0) is 42.4 Å². The zero-order chi connectivity index (χ0) is 27.8. The number of nitrogens with one attached hydrogen (secondary N) is 1. The van der Waals surface area contributed by atoms with E-state index in [4.69, 9.17) is 4.74 Å². The number of hydrogen-bond donors (Lipinski definition) is 1. The predicted octanol–water partition coefficient (Wildman–Crippen LogP) is 1.60. The molecule has 38 heavy (non-hydrogen) atoms. The van der Waals surface area contributed by atoms with Crippen LogP contribution in [0.2, 0.25) is 0 Å². The monoisotopic (exact) mass is 577 g/mol. The number of likely N-dealkylation sites (tertiary alicyclic amines) is 2. The number of aryl methyl sites for hydroxylation is 1. The number of alkyl halides is 3. The molecular weight excluding hydrogens is 551 g/mol. The van der Waals surface area contributed by atoms with Crippen molar-refractivity contribution in [3.63, 3.8) is 0 Å². The molecule has 2 fully saturated rings. The van der Waals surface area contributed by atoms with Gasteiger partial charge in [0.25, 0.3) is 10.0 Å². The molecule has 16 heteroatoms. The third-order valence-electron chi connectivity index (χ3n) is 6.47. The number of carbonyl (C=O) groups is 3. The molecule has 4 heterocycles. The second-order valence-electron chi connectivity index (χ2n) is 9.00. The van der Waals surface area contributed by atoms with Crippen molar-refractivity contribution in [3.05, 3.63) is 23.9 Å². The van der Waals surface area contributed by atoms with Gasteiger partial charge < -0.3 is 14.5 Å². The van der Waals surface area contributed by atoms with Crippen LogP contribution in [0.5, 0.6) is 0 Å². The average Bonchev–Trinajstić information content (AvgIpc) is 3.60. The maximum atomic E-state index is 13.1. The highest BCUT2D eigenvalue weighted by atomic mass is 32.2. The van der Waals surface area contributed by atoms with Crippen LogP contribution in [0, 0.1) is 0 Å². The number of esters is 1. The molecule has 0 saturated carbocycles. The minimum absolute atomic E-state index is 0.0307. The summed E-state index contributed by atoms with van der Waals surface area (Å²) in [4.78, 5) is 40.7. The minimum Gasteiger partial charge on any atom is -0.467 e. The zero-order valence-electron chi connectivity index (χ0n) is 20.5. The molecule has 2 saturated heterocycles. The first-order valence-electron chi connectivity index (χ1n) is 11.7. The van der Waals surface area contributed by atoms with Crippen molar-refractivity contribution in [2.75, 3.05) is 26.7 Å². The van der Waals surface area contributed by atoms with E-state index in [0.717, 1.165) is 24.5 Å². The normalized spacial score (nSPS) is 20.7. The number of carbonyl (C=O) groups excluding carboxylic acids is 3. The Morgan fingerprint density at radius 2 is 1.92 bits per heavy atom. The van der Waals surface area contributed by atoms with Crippen molar-refractivity contribution < 1.29 is 40.7 Å². The summed E-state index contributed by atoms with van der Waals surface area (Å²) < 4.78 is 72.9. The summed E-state index contributed by atoms with van der Waals surface area (Å²) >= 11 is 0.726. The van der Waals surface area contributed by atoms with Crippen LogP contribution >= 0.6 is 11.3 Å². The van der Waals surface area contributed by atoms with Crippen molar-refractivity contribution in [1.82, 2.24) is 24.3 Å². The Hall–Kier alpha value is -2.98. The van der Waals surface area contributed by atoms with Crippen molar-refractivity contribution in [2.24, 2.45) is 7.05 Å². The molecule has 0 spiro atoms. The summed E-state index contributed by atoms with van der Waals surface area (Å²) in [7, 11) is -1.82. The first-order chi connectivity index (χ1) is 17.8. The molecule has 1 unspecified atom stereocenters. The van der Waals surface area contributed by atoms with E-state index in [1.165, 1.54) is 29.0 Å². The molecule has 2 aromatic rings. The molecule has 2 amide bonds. The molecule has 1 N–H and O–H groups in total. The lowest BCUT2D eigenvalue weighted by molar-refractivity contribution is -0.152. The number of halogens is 3. The van der Waals surface area contributed by atoms with Gasteiger partial charge in [0.2, 0.25) is 11.8 Å². The van der Waals surface area contributed by atoms with E-state index in [0.29, 0.717) is 30.5 Å². The molecular formula is C22H26F3N5O6S2. The number of nitrogens with zero attached hydrogens (tertiary/aromatic N) is 4. The molecule has 2 atom stereocenters. The number of methoxy groups -OCH3 is 1. The summed E-state index contributed by atoms with van der Waals surface area (Å²) in [5, 5.41) is 3.83. The SMILES string of the molecule is COC(=O)C1CCCN1C(=O)CN1CCC[C@H](NS(=O)(=O)c2ccc(-c3cc(C(F)(F)F)n(C)n3)s2)C1=O. The van der Waals surface area contributed by atoms with Crippen LogP contribution in [0.3, 0.4) is 0 Å². The van der Waals surface area contributed by atoms with Crippen LogP contribution in [-0.4, -0.2) is 84.6 Å². The van der Waals surface area contributed by atoms with E-state index in [-0.39, 0.29) is 34.3 Å². The number of piperidine rings is 1. The summed E-state index contributed by atoms with van der Waals surface area (Å²) in [5.74, 6) is -1.52. The van der Waals surface area contributed by atoms with Crippen LogP contribution < -0.4 is 4.72 Å². The van der Waals surface area contributed by atoms with Crippen molar-refractivity contribution >= 4 is 39.1 Å². The van der Waals surface area contributed by atoms with E-state index in [1.807, 2.05) is 0 Å². The topological polar surface area (TPSA) is 131 Å². The number of aromatic nitrogens is 2. The number of hydrogen-bond acceptors (Lipinski definition) is 8. The summed E-state index contributed by atoms with van der Waals surface area (Å²) in [5.41, 5.74) is -1.01. The summed E-state index contributed by atoms with van der Waals surface area (Å²) in [6, 6.07) is 1.60. The minimum atomic E-state index is -4.61. The molecule has 2 aliphatic heterocycles. The Morgan fingerprint density at radius 3 is 2.58 bits per heavy atom. The molecule has 0 radical (unpaired) electrons. The highest BCUT2D eigenvalue weighted by Gasteiger charge is 2.39. The lowest BCUT2D eigenvalue weighted by atomic mass is 10.1. The van der Waals surface area contributed by atoms with Gasteiger partial charge in [-0.1, -0.05) is 0 Å². The van der Waals surface area contributed by atoms with Crippen LogP contribution in [0.15, 0.2) is 22.4 Å². The van der Waals surface area contributed by atoms with Gasteiger partial charge in [0.1, 0.15) is 27.7 Å². The fourth-order valence-corrected chi connectivity index (χ4v) is 7.11. The quantitative estimate of drug-likeness (QED) is 0.495. The molecule has 11 nitrogen and oxygen atoms in total. The van der Waals surface area contributed by atoms with E-state index in [1.54, 1.807) is 0 Å². The first kappa shape index (κ1) is 28.0. The van der Waals surface area contributed by atoms with Crippen molar-refractivity contribution in [3.8, 4) is 10.6 Å². The Bertz CT molecular complexity index is 1340. The standard InChI is InChI=1S/C22H26F3N5O6S2/c1-28-17(22(23,24)25)11-14(26-28)16-7-8-19(37-16)38(34,35)27-13-5-3-9-29(20(13)32)12-18(31)30-10-4-6-15(30)21(33)36-2/h7-8,11,13,15,27H,3-6,9-10,12H2,1-2H3/t13-,15?/m0/s1. The van der Waals surface area contributed by atoms with Gasteiger partial charge in [-0.2, -0.15) is 23.0 Å².